The lowest BCUT2D eigenvalue weighted by molar-refractivity contribution is 0.392. The lowest BCUT2D eigenvalue weighted by Crippen LogP contribution is -2.14. The normalized spacial score (nSPS) is 12.3. The van der Waals surface area contributed by atoms with Gasteiger partial charge in [-0.3, -0.25) is 0 Å². The SMILES string of the molecule is Cc1noc(C)c1C(C)Nc1ncnc(NN)c1C. The van der Waals surface area contributed by atoms with E-state index < -0.39 is 0 Å². The van der Waals surface area contributed by atoms with E-state index in [1.54, 1.807) is 0 Å². The van der Waals surface area contributed by atoms with Crippen molar-refractivity contribution in [3.63, 3.8) is 0 Å². The summed E-state index contributed by atoms with van der Waals surface area (Å²) in [6.07, 6.45) is 1.46. The van der Waals surface area contributed by atoms with Gasteiger partial charge < -0.3 is 15.3 Å². The Kier molecular flexibility index (Phi) is 3.66. The molecule has 0 aromatic carbocycles. The first kappa shape index (κ1) is 13.3. The van der Waals surface area contributed by atoms with E-state index in [4.69, 9.17) is 10.4 Å². The second-order valence-electron chi connectivity index (χ2n) is 4.44. The van der Waals surface area contributed by atoms with Gasteiger partial charge in [0, 0.05) is 11.1 Å². The highest BCUT2D eigenvalue weighted by molar-refractivity contribution is 5.56. The molecule has 0 amide bonds. The van der Waals surface area contributed by atoms with Gasteiger partial charge in [-0.15, -0.1) is 0 Å². The summed E-state index contributed by atoms with van der Waals surface area (Å²) in [4.78, 5) is 8.27. The smallest absolute Gasteiger partial charge is 0.148 e. The minimum Gasteiger partial charge on any atom is -0.363 e. The molecular weight excluding hydrogens is 244 g/mol. The maximum absolute atomic E-state index is 5.40. The number of hydrogen-bond acceptors (Lipinski definition) is 7. The maximum Gasteiger partial charge on any atom is 0.148 e. The number of nitrogens with two attached hydrogens (primary N) is 1. The molecule has 0 spiro atoms. The topological polar surface area (TPSA) is 102 Å². The van der Waals surface area contributed by atoms with Crippen LogP contribution in [-0.2, 0) is 0 Å². The Morgan fingerprint density at radius 3 is 2.47 bits per heavy atom. The minimum absolute atomic E-state index is 0.0328. The number of nitrogens with zero attached hydrogens (tertiary/aromatic N) is 3. The summed E-state index contributed by atoms with van der Waals surface area (Å²) in [5.41, 5.74) is 5.33. The van der Waals surface area contributed by atoms with Crippen LogP contribution in [0.3, 0.4) is 0 Å². The number of hydrazine groups is 1. The van der Waals surface area contributed by atoms with Crippen molar-refractivity contribution >= 4 is 11.6 Å². The second-order valence-corrected chi connectivity index (χ2v) is 4.44. The van der Waals surface area contributed by atoms with Crippen LogP contribution in [0, 0.1) is 20.8 Å². The summed E-state index contributed by atoms with van der Waals surface area (Å²) in [6.45, 7) is 7.75. The highest BCUT2D eigenvalue weighted by atomic mass is 16.5. The first-order valence-electron chi connectivity index (χ1n) is 6.02. The molecule has 0 aliphatic carbocycles. The van der Waals surface area contributed by atoms with Gasteiger partial charge in [0.25, 0.3) is 0 Å². The maximum atomic E-state index is 5.40. The molecule has 0 aliphatic heterocycles. The fraction of sp³-hybridized carbons (Fsp3) is 0.417. The number of aromatic nitrogens is 3. The van der Waals surface area contributed by atoms with Crippen molar-refractivity contribution in [1.82, 2.24) is 15.1 Å². The number of nitrogens with one attached hydrogen (secondary N) is 2. The van der Waals surface area contributed by atoms with E-state index in [2.05, 4.69) is 25.9 Å². The third kappa shape index (κ3) is 2.50. The van der Waals surface area contributed by atoms with Gasteiger partial charge in [0.15, 0.2) is 0 Å². The zero-order chi connectivity index (χ0) is 14.0. The molecule has 2 heterocycles. The molecule has 0 bridgehead atoms. The molecular formula is C12H18N6O. The third-order valence-corrected chi connectivity index (χ3v) is 3.10. The van der Waals surface area contributed by atoms with Crippen LogP contribution in [0.25, 0.3) is 0 Å². The van der Waals surface area contributed by atoms with Crippen LogP contribution in [0.5, 0.6) is 0 Å². The number of rotatable bonds is 4. The molecule has 0 aliphatic rings. The molecule has 2 rings (SSSR count). The van der Waals surface area contributed by atoms with Gasteiger partial charge in [-0.1, -0.05) is 5.16 Å². The van der Waals surface area contributed by atoms with Crippen LogP contribution in [-0.4, -0.2) is 15.1 Å². The largest absolute Gasteiger partial charge is 0.363 e. The molecule has 0 fully saturated rings. The molecule has 0 saturated carbocycles. The van der Waals surface area contributed by atoms with E-state index in [1.165, 1.54) is 6.33 Å². The van der Waals surface area contributed by atoms with Crippen LogP contribution in [0.2, 0.25) is 0 Å². The lowest BCUT2D eigenvalue weighted by Gasteiger charge is -2.16. The number of aryl methyl sites for hydroxylation is 2. The van der Waals surface area contributed by atoms with Gasteiger partial charge in [0.2, 0.25) is 0 Å². The summed E-state index contributed by atoms with van der Waals surface area (Å²) in [5, 5.41) is 7.28. The van der Waals surface area contributed by atoms with Gasteiger partial charge in [-0.2, -0.15) is 0 Å². The van der Waals surface area contributed by atoms with Crippen molar-refractivity contribution < 1.29 is 4.52 Å². The monoisotopic (exact) mass is 262 g/mol. The zero-order valence-electron chi connectivity index (χ0n) is 11.5. The van der Waals surface area contributed by atoms with Gasteiger partial charge >= 0.3 is 0 Å². The van der Waals surface area contributed by atoms with Gasteiger partial charge in [0.1, 0.15) is 23.7 Å². The molecule has 4 N–H and O–H groups in total. The second kappa shape index (κ2) is 5.23. The number of nitrogen functional groups attached to an aromatic ring is 1. The average Bonchev–Trinajstić information content (AvgIpc) is 2.71. The third-order valence-electron chi connectivity index (χ3n) is 3.10. The fourth-order valence-corrected chi connectivity index (χ4v) is 2.13. The highest BCUT2D eigenvalue weighted by Crippen LogP contribution is 2.26. The van der Waals surface area contributed by atoms with E-state index in [0.29, 0.717) is 5.82 Å². The van der Waals surface area contributed by atoms with Crippen molar-refractivity contribution in [3.05, 3.63) is 28.9 Å². The molecule has 102 valence electrons. The Morgan fingerprint density at radius 2 is 1.89 bits per heavy atom. The van der Waals surface area contributed by atoms with Crippen LogP contribution < -0.4 is 16.6 Å². The van der Waals surface area contributed by atoms with Gasteiger partial charge in [0.05, 0.1) is 11.7 Å². The molecule has 7 nitrogen and oxygen atoms in total. The Morgan fingerprint density at radius 1 is 1.21 bits per heavy atom. The molecule has 1 unspecified atom stereocenters. The van der Waals surface area contributed by atoms with E-state index in [0.717, 1.165) is 28.4 Å². The summed E-state index contributed by atoms with van der Waals surface area (Å²) in [7, 11) is 0. The molecule has 7 heteroatoms. The minimum atomic E-state index is 0.0328. The van der Waals surface area contributed by atoms with Crippen molar-refractivity contribution in [2.24, 2.45) is 5.84 Å². The Bertz CT molecular complexity index is 560. The van der Waals surface area contributed by atoms with Crippen LogP contribution in [0.1, 0.15) is 35.5 Å². The zero-order valence-corrected chi connectivity index (χ0v) is 11.5. The van der Waals surface area contributed by atoms with E-state index >= 15 is 0 Å². The fourth-order valence-electron chi connectivity index (χ4n) is 2.13. The number of hydrogen-bond donors (Lipinski definition) is 3. The van der Waals surface area contributed by atoms with Crippen molar-refractivity contribution in [2.45, 2.75) is 33.7 Å². The number of anilines is 2. The molecule has 2 aromatic rings. The average molecular weight is 262 g/mol. The van der Waals surface area contributed by atoms with Crippen LogP contribution in [0.15, 0.2) is 10.9 Å². The molecule has 1 atom stereocenters. The Labute approximate surface area is 111 Å². The van der Waals surface area contributed by atoms with Crippen LogP contribution >= 0.6 is 0 Å². The predicted octanol–water partition coefficient (Wildman–Crippen LogP) is 1.85. The van der Waals surface area contributed by atoms with Crippen molar-refractivity contribution in [3.8, 4) is 0 Å². The van der Waals surface area contributed by atoms with E-state index in [9.17, 15) is 0 Å². The molecule has 2 aromatic heterocycles. The van der Waals surface area contributed by atoms with Crippen molar-refractivity contribution in [2.75, 3.05) is 10.7 Å². The molecule has 0 radical (unpaired) electrons. The quantitative estimate of drug-likeness (QED) is 0.570. The first-order chi connectivity index (χ1) is 9.04. The first-order valence-corrected chi connectivity index (χ1v) is 6.02. The summed E-state index contributed by atoms with van der Waals surface area (Å²) in [5.74, 6) is 7.54. The van der Waals surface area contributed by atoms with Gasteiger partial charge in [-0.25, -0.2) is 15.8 Å². The summed E-state index contributed by atoms with van der Waals surface area (Å²) >= 11 is 0. The Balaban J connectivity index is 2.27. The molecule has 0 saturated heterocycles. The lowest BCUT2D eigenvalue weighted by atomic mass is 10.1. The van der Waals surface area contributed by atoms with Gasteiger partial charge in [-0.05, 0) is 27.7 Å². The standard InChI is InChI=1S/C12H18N6O/c1-6-11(14-5-15-12(6)17-13)16-7(2)10-8(3)18-19-9(10)4/h5,7H,13H2,1-4H3,(H2,14,15,16,17). The van der Waals surface area contributed by atoms with Crippen molar-refractivity contribution in [1.29, 1.82) is 0 Å². The molecule has 19 heavy (non-hydrogen) atoms. The Hall–Kier alpha value is -2.15. The highest BCUT2D eigenvalue weighted by Gasteiger charge is 2.18. The van der Waals surface area contributed by atoms with E-state index in [1.807, 2.05) is 27.7 Å². The van der Waals surface area contributed by atoms with Crippen LogP contribution in [0.4, 0.5) is 11.6 Å². The summed E-state index contributed by atoms with van der Waals surface area (Å²) < 4.78 is 5.17. The van der Waals surface area contributed by atoms with E-state index in [-0.39, 0.29) is 6.04 Å². The summed E-state index contributed by atoms with van der Waals surface area (Å²) in [6, 6.07) is 0.0328. The predicted molar refractivity (Wildman–Crippen MR) is 72.6 cm³/mol.